The number of ether oxygens (including phenoxy) is 1. The monoisotopic (exact) mass is 400 g/mol. The first kappa shape index (κ1) is 20.5. The molecular weight excluding hydrogens is 368 g/mol. The second-order valence-electron chi connectivity index (χ2n) is 6.91. The van der Waals surface area contributed by atoms with E-state index in [4.69, 9.17) is 9.73 Å². The Morgan fingerprint density at radius 1 is 1.18 bits per heavy atom. The Kier molecular flexibility index (Phi) is 8.03. The van der Waals surface area contributed by atoms with E-state index in [0.717, 1.165) is 57.2 Å². The molecule has 0 atom stereocenters. The van der Waals surface area contributed by atoms with Crippen LogP contribution in [-0.2, 0) is 6.42 Å². The van der Waals surface area contributed by atoms with Crippen LogP contribution in [0.3, 0.4) is 0 Å². The molecule has 0 saturated carbocycles. The molecule has 0 radical (unpaired) electrons. The first-order chi connectivity index (χ1) is 13.8. The largest absolute Gasteiger partial charge is 0.494 e. The van der Waals surface area contributed by atoms with E-state index in [9.17, 15) is 0 Å². The fraction of sp³-hybridized carbons (Fsp3) is 0.500. The zero-order valence-corrected chi connectivity index (χ0v) is 17.8. The molecule has 0 spiro atoms. The molecule has 3 rings (SSSR count). The van der Waals surface area contributed by atoms with Crippen LogP contribution < -0.4 is 20.3 Å². The summed E-state index contributed by atoms with van der Waals surface area (Å²) < 4.78 is 5.72. The molecule has 5 nitrogen and oxygen atoms in total. The van der Waals surface area contributed by atoms with Crippen molar-refractivity contribution in [3.63, 3.8) is 0 Å². The maximum absolute atomic E-state index is 5.72. The Morgan fingerprint density at radius 2 is 2.00 bits per heavy atom. The maximum atomic E-state index is 5.72. The molecule has 1 fully saturated rings. The average molecular weight is 401 g/mol. The molecule has 152 valence electrons. The van der Waals surface area contributed by atoms with Crippen LogP contribution in [0.2, 0.25) is 0 Å². The molecule has 0 bridgehead atoms. The van der Waals surface area contributed by atoms with E-state index in [1.54, 1.807) is 0 Å². The number of benzene rings is 1. The van der Waals surface area contributed by atoms with Crippen molar-refractivity contribution in [1.82, 2.24) is 10.6 Å². The van der Waals surface area contributed by atoms with Crippen LogP contribution in [0.1, 0.15) is 32.3 Å². The Balaban J connectivity index is 1.51. The minimum Gasteiger partial charge on any atom is -0.494 e. The lowest BCUT2D eigenvalue weighted by atomic mass is 10.1. The highest BCUT2D eigenvalue weighted by Gasteiger charge is 2.20. The first-order valence-electron chi connectivity index (χ1n) is 10.3. The van der Waals surface area contributed by atoms with Gasteiger partial charge in [0.2, 0.25) is 0 Å². The van der Waals surface area contributed by atoms with Crippen molar-refractivity contribution in [3.05, 3.63) is 47.3 Å². The molecule has 28 heavy (non-hydrogen) atoms. The van der Waals surface area contributed by atoms with Gasteiger partial charge in [-0.15, -0.1) is 11.3 Å². The molecule has 0 unspecified atom stereocenters. The van der Waals surface area contributed by atoms with Gasteiger partial charge in [-0.3, -0.25) is 4.99 Å². The molecule has 0 amide bonds. The van der Waals surface area contributed by atoms with Crippen LogP contribution in [0.25, 0.3) is 0 Å². The van der Waals surface area contributed by atoms with Gasteiger partial charge in [0.1, 0.15) is 5.75 Å². The number of para-hydroxylation sites is 1. The van der Waals surface area contributed by atoms with Crippen molar-refractivity contribution < 1.29 is 4.74 Å². The lowest BCUT2D eigenvalue weighted by Gasteiger charge is -2.33. The third-order valence-electron chi connectivity index (χ3n) is 4.92. The quantitative estimate of drug-likeness (QED) is 0.521. The van der Waals surface area contributed by atoms with Gasteiger partial charge < -0.3 is 20.3 Å². The Labute approximate surface area is 172 Å². The van der Waals surface area contributed by atoms with E-state index < -0.39 is 0 Å². The van der Waals surface area contributed by atoms with Crippen molar-refractivity contribution in [2.75, 3.05) is 37.7 Å². The molecule has 1 aromatic heterocycles. The van der Waals surface area contributed by atoms with Crippen LogP contribution in [0.5, 0.6) is 5.75 Å². The van der Waals surface area contributed by atoms with Gasteiger partial charge in [-0.05, 0) is 62.3 Å². The van der Waals surface area contributed by atoms with Gasteiger partial charge in [0, 0.05) is 32.2 Å². The highest BCUT2D eigenvalue weighted by atomic mass is 32.1. The molecule has 1 aliphatic rings. The zero-order chi connectivity index (χ0) is 19.6. The maximum Gasteiger partial charge on any atom is 0.191 e. The standard InChI is InChI=1S/C22H32N4OS/c1-3-23-22(24-14-11-18-8-5-6-9-20(18)27-4-2)25-19-12-15-26(16-13-19)21-10-7-17-28-21/h5-10,17,19H,3-4,11-16H2,1-2H3,(H2,23,24,25). The molecule has 1 aliphatic heterocycles. The zero-order valence-electron chi connectivity index (χ0n) is 17.0. The number of nitrogens with one attached hydrogen (secondary N) is 2. The van der Waals surface area contributed by atoms with Crippen LogP contribution in [0.15, 0.2) is 46.8 Å². The average Bonchev–Trinajstić information content (AvgIpc) is 3.25. The number of aliphatic imine (C=N–C) groups is 1. The SMILES string of the molecule is CCNC(=NCCc1ccccc1OCC)NC1CCN(c2cccs2)CC1. The van der Waals surface area contributed by atoms with Crippen LogP contribution in [0, 0.1) is 0 Å². The number of anilines is 1. The topological polar surface area (TPSA) is 48.9 Å². The Morgan fingerprint density at radius 3 is 2.71 bits per heavy atom. The molecule has 2 N–H and O–H groups in total. The molecule has 1 aromatic carbocycles. The van der Waals surface area contributed by atoms with Gasteiger partial charge in [-0.1, -0.05) is 18.2 Å². The predicted molar refractivity (Wildman–Crippen MR) is 120 cm³/mol. The first-order valence-corrected chi connectivity index (χ1v) is 11.2. The third kappa shape index (κ3) is 5.89. The van der Waals surface area contributed by atoms with E-state index in [1.165, 1.54) is 10.6 Å². The summed E-state index contributed by atoms with van der Waals surface area (Å²) in [6.45, 7) is 8.63. The van der Waals surface area contributed by atoms with Gasteiger partial charge in [0.15, 0.2) is 5.96 Å². The summed E-state index contributed by atoms with van der Waals surface area (Å²) in [6, 6.07) is 13.1. The molecular formula is C22H32N4OS. The van der Waals surface area contributed by atoms with Gasteiger partial charge in [0.25, 0.3) is 0 Å². The highest BCUT2D eigenvalue weighted by molar-refractivity contribution is 7.14. The van der Waals surface area contributed by atoms with Crippen LogP contribution in [0.4, 0.5) is 5.00 Å². The Hall–Kier alpha value is -2.21. The van der Waals surface area contributed by atoms with Gasteiger partial charge in [-0.2, -0.15) is 0 Å². The van der Waals surface area contributed by atoms with Crippen molar-refractivity contribution in [1.29, 1.82) is 0 Å². The molecule has 0 aliphatic carbocycles. The number of piperidine rings is 1. The summed E-state index contributed by atoms with van der Waals surface area (Å²) in [5, 5.41) is 10.6. The van der Waals surface area contributed by atoms with E-state index in [2.05, 4.69) is 52.1 Å². The molecule has 6 heteroatoms. The minimum atomic E-state index is 0.477. The van der Waals surface area contributed by atoms with E-state index in [1.807, 2.05) is 30.4 Å². The van der Waals surface area contributed by atoms with Crippen molar-refractivity contribution in [2.24, 2.45) is 4.99 Å². The number of guanidine groups is 1. The summed E-state index contributed by atoms with van der Waals surface area (Å²) in [6.07, 6.45) is 3.15. The number of thiophene rings is 1. The van der Waals surface area contributed by atoms with Crippen LogP contribution >= 0.6 is 11.3 Å². The summed E-state index contributed by atoms with van der Waals surface area (Å²) in [4.78, 5) is 7.28. The van der Waals surface area contributed by atoms with Gasteiger partial charge in [-0.25, -0.2) is 0 Å². The number of hydrogen-bond donors (Lipinski definition) is 2. The molecule has 2 aromatic rings. The smallest absolute Gasteiger partial charge is 0.191 e. The van der Waals surface area contributed by atoms with E-state index in [0.29, 0.717) is 12.6 Å². The fourth-order valence-electron chi connectivity index (χ4n) is 3.50. The second kappa shape index (κ2) is 11.0. The predicted octanol–water partition coefficient (Wildman–Crippen LogP) is 3.91. The fourth-order valence-corrected chi connectivity index (χ4v) is 4.29. The number of nitrogens with zero attached hydrogens (tertiary/aromatic N) is 2. The summed E-state index contributed by atoms with van der Waals surface area (Å²) in [5.74, 6) is 1.89. The Bertz CT molecular complexity index is 724. The summed E-state index contributed by atoms with van der Waals surface area (Å²) >= 11 is 1.83. The number of rotatable bonds is 8. The van der Waals surface area contributed by atoms with Crippen molar-refractivity contribution >= 4 is 22.3 Å². The third-order valence-corrected chi connectivity index (χ3v) is 5.85. The second-order valence-corrected chi connectivity index (χ2v) is 7.83. The van der Waals surface area contributed by atoms with Gasteiger partial charge in [0.05, 0.1) is 11.6 Å². The van der Waals surface area contributed by atoms with Crippen LogP contribution in [-0.4, -0.2) is 44.8 Å². The minimum absolute atomic E-state index is 0.477. The summed E-state index contributed by atoms with van der Waals surface area (Å²) in [5.41, 5.74) is 1.22. The van der Waals surface area contributed by atoms with E-state index >= 15 is 0 Å². The lowest BCUT2D eigenvalue weighted by Crippen LogP contribution is -2.48. The normalized spacial score (nSPS) is 15.5. The van der Waals surface area contributed by atoms with Gasteiger partial charge >= 0.3 is 0 Å². The van der Waals surface area contributed by atoms with E-state index in [-0.39, 0.29) is 0 Å². The molecule has 2 heterocycles. The van der Waals surface area contributed by atoms with Crippen molar-refractivity contribution in [3.8, 4) is 5.75 Å². The summed E-state index contributed by atoms with van der Waals surface area (Å²) in [7, 11) is 0. The van der Waals surface area contributed by atoms with Crippen molar-refractivity contribution in [2.45, 2.75) is 39.2 Å². The molecule has 1 saturated heterocycles. The number of hydrogen-bond acceptors (Lipinski definition) is 4. The lowest BCUT2D eigenvalue weighted by molar-refractivity contribution is 0.336. The highest BCUT2D eigenvalue weighted by Crippen LogP contribution is 2.24.